The second-order valence-corrected chi connectivity index (χ2v) is 4.93. The van der Waals surface area contributed by atoms with Gasteiger partial charge in [-0.25, -0.2) is 0 Å². The van der Waals surface area contributed by atoms with Crippen molar-refractivity contribution in [1.82, 2.24) is 0 Å². The van der Waals surface area contributed by atoms with Crippen molar-refractivity contribution in [1.29, 1.82) is 5.26 Å². The van der Waals surface area contributed by atoms with Crippen molar-refractivity contribution in [3.63, 3.8) is 0 Å². The minimum atomic E-state index is -0.672. The summed E-state index contributed by atoms with van der Waals surface area (Å²) in [4.78, 5) is 0. The first kappa shape index (κ1) is 15.2. The van der Waals surface area contributed by atoms with Gasteiger partial charge in [0, 0.05) is 17.3 Å². The molecule has 0 amide bonds. The highest BCUT2D eigenvalue weighted by atomic mass is 35.5. The molecule has 21 heavy (non-hydrogen) atoms. The SMILES string of the molecule is N#Cc1cccc(OCC(O)CNc2cccc(Cl)c2)c1. The van der Waals surface area contributed by atoms with Crippen LogP contribution >= 0.6 is 11.6 Å². The van der Waals surface area contributed by atoms with Gasteiger partial charge in [0.25, 0.3) is 0 Å². The van der Waals surface area contributed by atoms with E-state index < -0.39 is 6.10 Å². The van der Waals surface area contributed by atoms with Crippen LogP contribution in [0.15, 0.2) is 48.5 Å². The van der Waals surface area contributed by atoms with E-state index >= 15 is 0 Å². The zero-order valence-corrected chi connectivity index (χ0v) is 12.0. The second-order valence-electron chi connectivity index (χ2n) is 4.50. The minimum Gasteiger partial charge on any atom is -0.491 e. The highest BCUT2D eigenvalue weighted by Crippen LogP contribution is 2.15. The lowest BCUT2D eigenvalue weighted by molar-refractivity contribution is 0.117. The molecule has 0 radical (unpaired) electrons. The van der Waals surface area contributed by atoms with Crippen LogP contribution in [0.3, 0.4) is 0 Å². The van der Waals surface area contributed by atoms with Crippen LogP contribution in [0.25, 0.3) is 0 Å². The predicted molar refractivity (Wildman–Crippen MR) is 82.6 cm³/mol. The van der Waals surface area contributed by atoms with Crippen LogP contribution in [0.5, 0.6) is 5.75 Å². The maximum Gasteiger partial charge on any atom is 0.120 e. The third kappa shape index (κ3) is 4.99. The van der Waals surface area contributed by atoms with Gasteiger partial charge in [0.05, 0.1) is 11.6 Å². The van der Waals surface area contributed by atoms with Crippen molar-refractivity contribution in [2.45, 2.75) is 6.10 Å². The van der Waals surface area contributed by atoms with E-state index in [1.165, 1.54) is 0 Å². The van der Waals surface area contributed by atoms with Gasteiger partial charge in [-0.05, 0) is 36.4 Å². The minimum absolute atomic E-state index is 0.141. The summed E-state index contributed by atoms with van der Waals surface area (Å²) in [6, 6.07) is 16.1. The molecular weight excluding hydrogens is 288 g/mol. The molecule has 5 heteroatoms. The molecule has 0 aliphatic carbocycles. The van der Waals surface area contributed by atoms with Gasteiger partial charge in [0.1, 0.15) is 18.5 Å². The van der Waals surface area contributed by atoms with Crippen LogP contribution in [0, 0.1) is 11.3 Å². The van der Waals surface area contributed by atoms with Crippen LogP contribution < -0.4 is 10.1 Å². The molecule has 1 unspecified atom stereocenters. The van der Waals surface area contributed by atoms with E-state index in [0.29, 0.717) is 22.9 Å². The molecule has 0 aromatic heterocycles. The first-order chi connectivity index (χ1) is 10.2. The number of anilines is 1. The average molecular weight is 303 g/mol. The largest absolute Gasteiger partial charge is 0.491 e. The average Bonchev–Trinajstić information content (AvgIpc) is 2.51. The van der Waals surface area contributed by atoms with E-state index in [4.69, 9.17) is 21.6 Å². The number of nitrogens with one attached hydrogen (secondary N) is 1. The lowest BCUT2D eigenvalue weighted by Crippen LogP contribution is -2.26. The van der Waals surface area contributed by atoms with E-state index in [2.05, 4.69) is 5.32 Å². The standard InChI is InChI=1S/C16H15ClN2O2/c17-13-4-2-5-14(8-13)19-10-15(20)11-21-16-6-1-3-12(7-16)9-18/h1-8,15,19-20H,10-11H2. The number of hydrogen-bond donors (Lipinski definition) is 2. The third-order valence-corrected chi connectivity index (χ3v) is 3.01. The molecule has 0 saturated heterocycles. The molecule has 0 heterocycles. The Morgan fingerprint density at radius 2 is 2.05 bits per heavy atom. The zero-order chi connectivity index (χ0) is 15.1. The molecule has 2 rings (SSSR count). The topological polar surface area (TPSA) is 65.3 Å². The second kappa shape index (κ2) is 7.53. The van der Waals surface area contributed by atoms with E-state index in [-0.39, 0.29) is 6.61 Å². The molecule has 108 valence electrons. The Morgan fingerprint density at radius 1 is 1.24 bits per heavy atom. The van der Waals surface area contributed by atoms with Crippen molar-refractivity contribution in [3.05, 3.63) is 59.1 Å². The molecule has 2 N–H and O–H groups in total. The monoisotopic (exact) mass is 302 g/mol. The summed E-state index contributed by atoms with van der Waals surface area (Å²) in [5.74, 6) is 0.566. The molecule has 0 bridgehead atoms. The Kier molecular flexibility index (Phi) is 5.44. The van der Waals surface area contributed by atoms with Crippen LogP contribution in [0.2, 0.25) is 5.02 Å². The van der Waals surface area contributed by atoms with E-state index in [0.717, 1.165) is 5.69 Å². The highest BCUT2D eigenvalue weighted by molar-refractivity contribution is 6.30. The number of ether oxygens (including phenoxy) is 1. The number of hydrogen-bond acceptors (Lipinski definition) is 4. The normalized spacial score (nSPS) is 11.5. The van der Waals surface area contributed by atoms with Gasteiger partial charge in [-0.1, -0.05) is 23.7 Å². The molecule has 0 saturated carbocycles. The van der Waals surface area contributed by atoms with Crippen molar-refractivity contribution in [3.8, 4) is 11.8 Å². The zero-order valence-electron chi connectivity index (χ0n) is 11.3. The van der Waals surface area contributed by atoms with E-state index in [1.807, 2.05) is 18.2 Å². The van der Waals surface area contributed by atoms with Gasteiger partial charge in [0.2, 0.25) is 0 Å². The van der Waals surface area contributed by atoms with E-state index in [9.17, 15) is 5.11 Å². The van der Waals surface area contributed by atoms with Gasteiger partial charge < -0.3 is 15.2 Å². The summed E-state index contributed by atoms with van der Waals surface area (Å²) in [6.45, 7) is 0.487. The summed E-state index contributed by atoms with van der Waals surface area (Å²) >= 11 is 5.88. The number of nitriles is 1. The van der Waals surface area contributed by atoms with E-state index in [1.54, 1.807) is 36.4 Å². The fraction of sp³-hybridized carbons (Fsp3) is 0.188. The Morgan fingerprint density at radius 3 is 2.81 bits per heavy atom. The summed E-state index contributed by atoms with van der Waals surface area (Å²) in [5, 5.41) is 22.4. The van der Waals surface area contributed by atoms with Crippen molar-refractivity contribution in [2.24, 2.45) is 0 Å². The number of benzene rings is 2. The summed E-state index contributed by atoms with van der Waals surface area (Å²) in [6.07, 6.45) is -0.672. The number of aliphatic hydroxyl groups excluding tert-OH is 1. The first-order valence-corrected chi connectivity index (χ1v) is 6.85. The smallest absolute Gasteiger partial charge is 0.120 e. The molecular formula is C16H15ClN2O2. The maximum atomic E-state index is 9.88. The molecule has 4 nitrogen and oxygen atoms in total. The Hall–Kier alpha value is -2.22. The number of halogens is 1. The third-order valence-electron chi connectivity index (χ3n) is 2.77. The van der Waals surface area contributed by atoms with Gasteiger partial charge >= 0.3 is 0 Å². The number of rotatable bonds is 6. The number of nitrogens with zero attached hydrogens (tertiary/aromatic N) is 1. The van der Waals surface area contributed by atoms with Gasteiger partial charge in [-0.2, -0.15) is 5.26 Å². The lowest BCUT2D eigenvalue weighted by atomic mass is 10.2. The Balaban J connectivity index is 1.79. The van der Waals surface area contributed by atoms with Crippen molar-refractivity contribution >= 4 is 17.3 Å². The maximum absolute atomic E-state index is 9.88. The Bertz CT molecular complexity index is 640. The highest BCUT2D eigenvalue weighted by Gasteiger charge is 2.06. The van der Waals surface area contributed by atoms with Crippen molar-refractivity contribution < 1.29 is 9.84 Å². The quantitative estimate of drug-likeness (QED) is 0.860. The molecule has 0 aliphatic rings. The molecule has 0 fully saturated rings. The molecule has 0 spiro atoms. The number of aliphatic hydroxyl groups is 1. The van der Waals surface area contributed by atoms with Crippen molar-refractivity contribution in [2.75, 3.05) is 18.5 Å². The predicted octanol–water partition coefficient (Wildman–Crippen LogP) is 3.06. The summed E-state index contributed by atoms with van der Waals surface area (Å²) < 4.78 is 5.46. The van der Waals surface area contributed by atoms with Crippen LogP contribution in [-0.4, -0.2) is 24.4 Å². The van der Waals surface area contributed by atoms with Crippen LogP contribution in [0.4, 0.5) is 5.69 Å². The first-order valence-electron chi connectivity index (χ1n) is 6.48. The van der Waals surface area contributed by atoms with Gasteiger partial charge in [-0.15, -0.1) is 0 Å². The summed E-state index contributed by atoms with van der Waals surface area (Å²) in [7, 11) is 0. The summed E-state index contributed by atoms with van der Waals surface area (Å²) in [5.41, 5.74) is 1.37. The molecule has 0 aliphatic heterocycles. The van der Waals surface area contributed by atoms with Gasteiger partial charge in [0.15, 0.2) is 0 Å². The molecule has 1 atom stereocenters. The van der Waals surface area contributed by atoms with Crippen LogP contribution in [-0.2, 0) is 0 Å². The molecule has 2 aromatic rings. The molecule has 2 aromatic carbocycles. The fourth-order valence-electron chi connectivity index (χ4n) is 1.74. The Labute approximate surface area is 128 Å². The lowest BCUT2D eigenvalue weighted by Gasteiger charge is -2.14. The van der Waals surface area contributed by atoms with Crippen LogP contribution in [0.1, 0.15) is 5.56 Å². The van der Waals surface area contributed by atoms with Gasteiger partial charge in [-0.3, -0.25) is 0 Å². The fourth-order valence-corrected chi connectivity index (χ4v) is 1.93.